The van der Waals surface area contributed by atoms with Crippen LogP contribution in [0.15, 0.2) is 0 Å². The molecule has 0 aliphatic carbocycles. The molecular weight excluding hydrogens is 250 g/mol. The van der Waals surface area contributed by atoms with Gasteiger partial charge in [-0.3, -0.25) is 4.79 Å². The second-order valence-electron chi connectivity index (χ2n) is 3.10. The first-order valence-corrected chi connectivity index (χ1v) is 6.98. The normalized spacial score (nSPS) is 11.4. The van der Waals surface area contributed by atoms with Gasteiger partial charge < -0.3 is 14.6 Å². The summed E-state index contributed by atoms with van der Waals surface area (Å²) in [5.74, 6) is -0.833. The molecule has 0 aliphatic heterocycles. The molecule has 0 fully saturated rings. The number of hydrogen-bond acceptors (Lipinski definition) is 6. The van der Waals surface area contributed by atoms with E-state index in [4.69, 9.17) is 9.84 Å². The molecule has 0 spiro atoms. The van der Waals surface area contributed by atoms with Crippen LogP contribution in [-0.2, 0) is 24.3 Å². The first kappa shape index (κ1) is 16.3. The van der Waals surface area contributed by atoms with Gasteiger partial charge in [0.25, 0.3) is 0 Å². The molecule has 0 bridgehead atoms. The summed E-state index contributed by atoms with van der Waals surface area (Å²) in [5.41, 5.74) is 0. The van der Waals surface area contributed by atoms with Gasteiger partial charge >= 0.3 is 5.97 Å². The fraction of sp³-hybridized carbons (Fsp3) is 0.889. The van der Waals surface area contributed by atoms with Gasteiger partial charge in [-0.15, -0.1) is 0 Å². The van der Waals surface area contributed by atoms with E-state index in [1.807, 2.05) is 0 Å². The summed E-state index contributed by atoms with van der Waals surface area (Å²) in [6.07, 6.45) is -0.166. The number of esters is 1. The van der Waals surface area contributed by atoms with Gasteiger partial charge in [0.15, 0.2) is 0 Å². The van der Waals surface area contributed by atoms with Crippen molar-refractivity contribution >= 4 is 16.0 Å². The van der Waals surface area contributed by atoms with E-state index in [1.165, 1.54) is 0 Å². The van der Waals surface area contributed by atoms with Crippen LogP contribution in [0.5, 0.6) is 0 Å². The van der Waals surface area contributed by atoms with E-state index in [2.05, 4.69) is 9.46 Å². The molecule has 0 aromatic carbocycles. The number of aliphatic hydroxyl groups is 1. The Morgan fingerprint density at radius 3 is 2.65 bits per heavy atom. The number of ether oxygens (including phenoxy) is 2. The first-order valence-electron chi connectivity index (χ1n) is 5.33. The maximum atomic E-state index is 11.3. The van der Waals surface area contributed by atoms with E-state index in [0.29, 0.717) is 0 Å². The molecular formula is C9H19NO6S. The van der Waals surface area contributed by atoms with E-state index in [-0.39, 0.29) is 45.1 Å². The lowest BCUT2D eigenvalue weighted by Crippen LogP contribution is -2.30. The zero-order valence-corrected chi connectivity index (χ0v) is 10.7. The Kier molecular flexibility index (Phi) is 8.96. The van der Waals surface area contributed by atoms with E-state index in [1.54, 1.807) is 6.92 Å². The molecule has 0 rings (SSSR count). The van der Waals surface area contributed by atoms with Crippen LogP contribution in [0.2, 0.25) is 0 Å². The molecule has 8 heteroatoms. The third-order valence-electron chi connectivity index (χ3n) is 1.68. The van der Waals surface area contributed by atoms with Gasteiger partial charge in [0, 0.05) is 6.54 Å². The number of carbonyl (C=O) groups is 1. The second kappa shape index (κ2) is 9.34. The molecule has 0 atom stereocenters. The lowest BCUT2D eigenvalue weighted by molar-refractivity contribution is -0.142. The highest BCUT2D eigenvalue weighted by Crippen LogP contribution is 1.92. The van der Waals surface area contributed by atoms with Gasteiger partial charge in [-0.05, 0) is 6.92 Å². The third kappa shape index (κ3) is 10.2. The maximum absolute atomic E-state index is 11.3. The summed E-state index contributed by atoms with van der Waals surface area (Å²) < 4.78 is 34.5. The van der Waals surface area contributed by atoms with E-state index in [0.717, 1.165) is 0 Å². The number of sulfonamides is 1. The van der Waals surface area contributed by atoms with Crippen LogP contribution in [0.3, 0.4) is 0 Å². The number of rotatable bonds is 10. The van der Waals surface area contributed by atoms with Crippen LogP contribution < -0.4 is 4.72 Å². The molecule has 7 nitrogen and oxygen atoms in total. The van der Waals surface area contributed by atoms with Crippen molar-refractivity contribution in [3.8, 4) is 0 Å². The Bertz CT molecular complexity index is 303. The number of carbonyl (C=O) groups excluding carboxylic acids is 1. The van der Waals surface area contributed by atoms with Gasteiger partial charge in [-0.25, -0.2) is 13.1 Å². The monoisotopic (exact) mass is 269 g/mol. The molecule has 2 N–H and O–H groups in total. The Morgan fingerprint density at radius 1 is 1.35 bits per heavy atom. The minimum Gasteiger partial charge on any atom is -0.466 e. The van der Waals surface area contributed by atoms with Crippen LogP contribution in [0.25, 0.3) is 0 Å². The minimum atomic E-state index is -3.48. The molecule has 17 heavy (non-hydrogen) atoms. The van der Waals surface area contributed by atoms with Crippen LogP contribution >= 0.6 is 0 Å². The lowest BCUT2D eigenvalue weighted by Gasteiger charge is -2.06. The Labute approximate surface area is 101 Å². The number of aliphatic hydroxyl groups excluding tert-OH is 1. The predicted molar refractivity (Wildman–Crippen MR) is 60.9 cm³/mol. The Morgan fingerprint density at radius 2 is 2.06 bits per heavy atom. The average Bonchev–Trinajstić information content (AvgIpc) is 2.27. The van der Waals surface area contributed by atoms with Crippen LogP contribution in [0.4, 0.5) is 0 Å². The molecule has 0 unspecified atom stereocenters. The highest BCUT2D eigenvalue weighted by molar-refractivity contribution is 7.89. The van der Waals surface area contributed by atoms with E-state index in [9.17, 15) is 13.2 Å². The van der Waals surface area contributed by atoms with Crippen molar-refractivity contribution in [3.63, 3.8) is 0 Å². The largest absolute Gasteiger partial charge is 0.466 e. The highest BCUT2D eigenvalue weighted by Gasteiger charge is 2.13. The fourth-order valence-electron chi connectivity index (χ4n) is 0.959. The van der Waals surface area contributed by atoms with Crippen molar-refractivity contribution in [1.82, 2.24) is 4.72 Å². The fourth-order valence-corrected chi connectivity index (χ4v) is 1.93. The Hall–Kier alpha value is -0.700. The second-order valence-corrected chi connectivity index (χ2v) is 5.03. The summed E-state index contributed by atoms with van der Waals surface area (Å²) in [7, 11) is -3.48. The highest BCUT2D eigenvalue weighted by atomic mass is 32.2. The third-order valence-corrected chi connectivity index (χ3v) is 3.07. The molecule has 0 heterocycles. The summed E-state index contributed by atoms with van der Waals surface area (Å²) in [4.78, 5) is 10.9. The zero-order chi connectivity index (χ0) is 13.1. The van der Waals surface area contributed by atoms with Gasteiger partial charge in [0.05, 0.1) is 38.6 Å². The lowest BCUT2D eigenvalue weighted by atomic mass is 10.5. The van der Waals surface area contributed by atoms with Crippen molar-refractivity contribution in [1.29, 1.82) is 0 Å². The van der Waals surface area contributed by atoms with Crippen molar-refractivity contribution in [2.24, 2.45) is 0 Å². The molecule has 0 aliphatic rings. The van der Waals surface area contributed by atoms with Crippen molar-refractivity contribution in [2.45, 2.75) is 13.3 Å². The summed E-state index contributed by atoms with van der Waals surface area (Å²) in [6, 6.07) is 0. The van der Waals surface area contributed by atoms with Crippen LogP contribution in [0, 0.1) is 0 Å². The quantitative estimate of drug-likeness (QED) is 0.384. The van der Waals surface area contributed by atoms with Gasteiger partial charge in [-0.1, -0.05) is 0 Å². The number of nitrogens with one attached hydrogen (secondary N) is 1. The van der Waals surface area contributed by atoms with Gasteiger partial charge in [0.2, 0.25) is 10.0 Å². The summed E-state index contributed by atoms with van der Waals surface area (Å²) in [6.45, 7) is 2.26. The molecule has 0 amide bonds. The standard InChI is InChI=1S/C9H19NO6S/c1-2-16-9(12)3-8-17(13,14)10-4-6-15-7-5-11/h10-11H,2-8H2,1H3. The van der Waals surface area contributed by atoms with E-state index < -0.39 is 16.0 Å². The predicted octanol–water partition coefficient (Wildman–Crippen LogP) is -1.13. The zero-order valence-electron chi connectivity index (χ0n) is 9.85. The topological polar surface area (TPSA) is 102 Å². The average molecular weight is 269 g/mol. The molecule has 0 aromatic rings. The van der Waals surface area contributed by atoms with Crippen molar-refractivity contribution < 1.29 is 27.8 Å². The molecule has 0 aromatic heterocycles. The van der Waals surface area contributed by atoms with Crippen LogP contribution in [0.1, 0.15) is 13.3 Å². The smallest absolute Gasteiger partial charge is 0.306 e. The maximum Gasteiger partial charge on any atom is 0.306 e. The van der Waals surface area contributed by atoms with Gasteiger partial charge in [0.1, 0.15) is 0 Å². The minimum absolute atomic E-state index is 0.102. The van der Waals surface area contributed by atoms with Crippen molar-refractivity contribution in [3.05, 3.63) is 0 Å². The molecule has 0 saturated carbocycles. The van der Waals surface area contributed by atoms with E-state index >= 15 is 0 Å². The first-order chi connectivity index (χ1) is 8.02. The SMILES string of the molecule is CCOC(=O)CCS(=O)(=O)NCCOCCO. The van der Waals surface area contributed by atoms with Crippen molar-refractivity contribution in [2.75, 3.05) is 38.7 Å². The molecule has 0 radical (unpaired) electrons. The molecule has 0 saturated heterocycles. The number of hydrogen-bond donors (Lipinski definition) is 2. The molecule has 102 valence electrons. The Balaban J connectivity index is 3.69. The summed E-state index contributed by atoms with van der Waals surface area (Å²) >= 11 is 0. The van der Waals surface area contributed by atoms with Gasteiger partial charge in [-0.2, -0.15) is 0 Å². The summed E-state index contributed by atoms with van der Waals surface area (Å²) in [5, 5.41) is 8.41. The van der Waals surface area contributed by atoms with Crippen LogP contribution in [-0.4, -0.2) is 58.2 Å².